The lowest BCUT2D eigenvalue weighted by atomic mass is 10.0. The molecule has 0 aliphatic heterocycles. The minimum absolute atomic E-state index is 0.0259. The second-order valence-electron chi connectivity index (χ2n) is 6.45. The Bertz CT molecular complexity index is 805. The van der Waals surface area contributed by atoms with Crippen LogP contribution < -0.4 is 16.6 Å². The topological polar surface area (TPSA) is 81.8 Å². The minimum atomic E-state index is -0.312. The van der Waals surface area contributed by atoms with E-state index in [1.54, 1.807) is 13.2 Å². The zero-order valence-corrected chi connectivity index (χ0v) is 14.9. The predicted molar refractivity (Wildman–Crippen MR) is 94.6 cm³/mol. The predicted octanol–water partition coefficient (Wildman–Crippen LogP) is 1.60. The molecular weight excluding hydrogens is 306 g/mol. The van der Waals surface area contributed by atoms with Crippen LogP contribution in [0.3, 0.4) is 0 Å². The molecule has 0 fully saturated rings. The van der Waals surface area contributed by atoms with Gasteiger partial charge in [0.05, 0.1) is 0 Å². The summed E-state index contributed by atoms with van der Waals surface area (Å²) in [5, 5.41) is 3.17. The summed E-state index contributed by atoms with van der Waals surface area (Å²) in [6.45, 7) is 6.82. The van der Waals surface area contributed by atoms with E-state index in [9.17, 15) is 9.59 Å². The summed E-state index contributed by atoms with van der Waals surface area (Å²) in [4.78, 5) is 32.5. The Labute approximate surface area is 141 Å². The van der Waals surface area contributed by atoms with Crippen molar-refractivity contribution in [2.75, 3.05) is 11.9 Å². The highest BCUT2D eigenvalue weighted by Gasteiger charge is 2.13. The van der Waals surface area contributed by atoms with Crippen molar-refractivity contribution in [1.82, 2.24) is 19.1 Å². The molecule has 0 saturated carbocycles. The van der Waals surface area contributed by atoms with E-state index in [-0.39, 0.29) is 17.2 Å². The highest BCUT2D eigenvalue weighted by molar-refractivity contribution is 5.25. The highest BCUT2D eigenvalue weighted by atomic mass is 16.2. The first kappa shape index (κ1) is 17.9. The van der Waals surface area contributed by atoms with E-state index in [4.69, 9.17) is 0 Å². The van der Waals surface area contributed by atoms with Crippen molar-refractivity contribution >= 4 is 5.95 Å². The quantitative estimate of drug-likeness (QED) is 0.869. The molecule has 0 radical (unpaired) electrons. The molecule has 1 unspecified atom stereocenters. The fourth-order valence-electron chi connectivity index (χ4n) is 2.46. The SMILES string of the molecule is CC(C)c1cnc(NCCC(C)c2cn(C)c(=O)n(C)c2=O)nc1. The molecule has 7 nitrogen and oxygen atoms in total. The van der Waals surface area contributed by atoms with Crippen LogP contribution in [0.1, 0.15) is 50.2 Å². The molecule has 24 heavy (non-hydrogen) atoms. The molecule has 7 heteroatoms. The van der Waals surface area contributed by atoms with Crippen molar-refractivity contribution in [2.45, 2.75) is 39.0 Å². The van der Waals surface area contributed by atoms with Gasteiger partial charge in [0.15, 0.2) is 0 Å². The van der Waals surface area contributed by atoms with Crippen LogP contribution in [0.4, 0.5) is 5.95 Å². The molecule has 0 aromatic carbocycles. The Balaban J connectivity index is 2.00. The third-order valence-electron chi connectivity index (χ3n) is 4.20. The number of rotatable bonds is 6. The summed E-state index contributed by atoms with van der Waals surface area (Å²) < 4.78 is 2.58. The fraction of sp³-hybridized carbons (Fsp3) is 0.529. The fourth-order valence-corrected chi connectivity index (χ4v) is 2.46. The second kappa shape index (κ2) is 7.42. The third kappa shape index (κ3) is 3.90. The van der Waals surface area contributed by atoms with Crippen LogP contribution in [0, 0.1) is 0 Å². The Hall–Kier alpha value is -2.44. The van der Waals surface area contributed by atoms with E-state index in [1.807, 2.05) is 19.3 Å². The summed E-state index contributed by atoms with van der Waals surface area (Å²) >= 11 is 0. The van der Waals surface area contributed by atoms with E-state index in [0.29, 0.717) is 24.0 Å². The Morgan fingerprint density at radius 1 is 1.12 bits per heavy atom. The van der Waals surface area contributed by atoms with Crippen LogP contribution in [-0.4, -0.2) is 25.6 Å². The summed E-state index contributed by atoms with van der Waals surface area (Å²) in [5.41, 5.74) is 1.19. The summed E-state index contributed by atoms with van der Waals surface area (Å²) in [6, 6.07) is 0. The van der Waals surface area contributed by atoms with Gasteiger partial charge in [-0.2, -0.15) is 0 Å². The Morgan fingerprint density at radius 3 is 2.33 bits per heavy atom. The van der Waals surface area contributed by atoms with E-state index < -0.39 is 0 Å². The van der Waals surface area contributed by atoms with Gasteiger partial charge in [0.1, 0.15) is 0 Å². The number of hydrogen-bond donors (Lipinski definition) is 1. The lowest BCUT2D eigenvalue weighted by molar-refractivity contribution is 0.622. The van der Waals surface area contributed by atoms with E-state index in [2.05, 4.69) is 29.1 Å². The molecule has 0 saturated heterocycles. The van der Waals surface area contributed by atoms with Crippen molar-refractivity contribution in [3.05, 3.63) is 50.6 Å². The van der Waals surface area contributed by atoms with Crippen LogP contribution in [0.15, 0.2) is 28.2 Å². The van der Waals surface area contributed by atoms with E-state index in [0.717, 1.165) is 16.6 Å². The van der Waals surface area contributed by atoms with Gasteiger partial charge in [-0.05, 0) is 23.8 Å². The van der Waals surface area contributed by atoms with Crippen molar-refractivity contribution in [2.24, 2.45) is 14.1 Å². The molecule has 1 N–H and O–H groups in total. The standard InChI is InChI=1S/C17H25N5O2/c1-11(2)13-8-19-16(20-9-13)18-7-6-12(3)14-10-21(4)17(24)22(5)15(14)23/h8-12H,6-7H2,1-5H3,(H,18,19,20). The van der Waals surface area contributed by atoms with Crippen LogP contribution in [0.2, 0.25) is 0 Å². The maximum absolute atomic E-state index is 12.2. The number of aryl methyl sites for hydroxylation is 1. The average Bonchev–Trinajstić information content (AvgIpc) is 2.56. The number of anilines is 1. The van der Waals surface area contributed by atoms with Crippen molar-refractivity contribution in [3.8, 4) is 0 Å². The molecule has 2 rings (SSSR count). The van der Waals surface area contributed by atoms with Crippen LogP contribution in [-0.2, 0) is 14.1 Å². The zero-order chi connectivity index (χ0) is 17.9. The molecule has 0 aliphatic rings. The molecule has 0 aliphatic carbocycles. The normalized spacial score (nSPS) is 12.4. The lowest BCUT2D eigenvalue weighted by Gasteiger charge is -2.14. The smallest absolute Gasteiger partial charge is 0.330 e. The first-order chi connectivity index (χ1) is 11.3. The first-order valence-corrected chi connectivity index (χ1v) is 8.13. The van der Waals surface area contributed by atoms with Crippen LogP contribution in [0.5, 0.6) is 0 Å². The molecule has 1 atom stereocenters. The number of aromatic nitrogens is 4. The zero-order valence-electron chi connectivity index (χ0n) is 14.9. The highest BCUT2D eigenvalue weighted by Crippen LogP contribution is 2.15. The summed E-state index contributed by atoms with van der Waals surface area (Å²) in [7, 11) is 3.16. The molecule has 0 spiro atoms. The number of nitrogens with zero attached hydrogens (tertiary/aromatic N) is 4. The van der Waals surface area contributed by atoms with Gasteiger partial charge in [0.2, 0.25) is 5.95 Å². The number of nitrogens with one attached hydrogen (secondary N) is 1. The van der Waals surface area contributed by atoms with Gasteiger partial charge in [-0.1, -0.05) is 20.8 Å². The third-order valence-corrected chi connectivity index (χ3v) is 4.20. The van der Waals surface area contributed by atoms with Gasteiger partial charge in [0.25, 0.3) is 5.56 Å². The van der Waals surface area contributed by atoms with Crippen molar-refractivity contribution in [1.29, 1.82) is 0 Å². The van der Waals surface area contributed by atoms with Gasteiger partial charge in [-0.3, -0.25) is 9.36 Å². The van der Waals surface area contributed by atoms with Crippen LogP contribution >= 0.6 is 0 Å². The second-order valence-corrected chi connectivity index (χ2v) is 6.45. The molecular formula is C17H25N5O2. The first-order valence-electron chi connectivity index (χ1n) is 8.13. The van der Waals surface area contributed by atoms with Crippen LogP contribution in [0.25, 0.3) is 0 Å². The molecule has 130 valence electrons. The maximum Gasteiger partial charge on any atom is 0.330 e. The van der Waals surface area contributed by atoms with Gasteiger partial charge in [-0.25, -0.2) is 14.8 Å². The molecule has 0 amide bonds. The monoisotopic (exact) mass is 331 g/mol. The largest absolute Gasteiger partial charge is 0.354 e. The van der Waals surface area contributed by atoms with Crippen molar-refractivity contribution < 1.29 is 0 Å². The minimum Gasteiger partial charge on any atom is -0.354 e. The summed E-state index contributed by atoms with van der Waals surface area (Å²) in [5.74, 6) is 1.01. The molecule has 2 heterocycles. The Kier molecular flexibility index (Phi) is 5.54. The van der Waals surface area contributed by atoms with Gasteiger partial charge in [0, 0.05) is 44.8 Å². The van der Waals surface area contributed by atoms with Crippen molar-refractivity contribution in [3.63, 3.8) is 0 Å². The van der Waals surface area contributed by atoms with Gasteiger partial charge >= 0.3 is 5.69 Å². The van der Waals surface area contributed by atoms with E-state index in [1.165, 1.54) is 11.6 Å². The summed E-state index contributed by atoms with van der Waals surface area (Å²) in [6.07, 6.45) is 6.02. The number of hydrogen-bond acceptors (Lipinski definition) is 5. The Morgan fingerprint density at radius 2 is 1.75 bits per heavy atom. The van der Waals surface area contributed by atoms with Gasteiger partial charge in [-0.15, -0.1) is 0 Å². The average molecular weight is 331 g/mol. The molecule has 2 aromatic heterocycles. The van der Waals surface area contributed by atoms with E-state index >= 15 is 0 Å². The van der Waals surface area contributed by atoms with Gasteiger partial charge < -0.3 is 9.88 Å². The molecule has 2 aromatic rings. The lowest BCUT2D eigenvalue weighted by Crippen LogP contribution is -2.39. The maximum atomic E-state index is 12.2. The molecule has 0 bridgehead atoms.